The van der Waals surface area contributed by atoms with E-state index >= 15 is 0 Å². The molecule has 0 rings (SSSR count). The fourth-order valence-corrected chi connectivity index (χ4v) is 0. The van der Waals surface area contributed by atoms with Gasteiger partial charge in [-0.3, -0.25) is 0 Å². The molecule has 0 aromatic heterocycles. The molecule has 42 valence electrons. The Kier molecular flexibility index (Phi) is 8.95. The molecule has 0 fully saturated rings. The average Bonchev–Trinajstić information content (AvgIpc) is 0.722. The molecule has 0 aliphatic heterocycles. The van der Waals surface area contributed by atoms with Crippen LogP contribution >= 0.6 is 7.82 Å². The zero-order valence-corrected chi connectivity index (χ0v) is 3.92. The molecular formula is H2NO5P. The van der Waals surface area contributed by atoms with Crippen molar-refractivity contribution in [3.63, 3.8) is 0 Å². The van der Waals surface area contributed by atoms with Crippen molar-refractivity contribution in [2.24, 2.45) is 0 Å². The first-order valence-electron chi connectivity index (χ1n) is 0.730. The summed E-state index contributed by atoms with van der Waals surface area (Å²) in [5.74, 6) is 0. The summed E-state index contributed by atoms with van der Waals surface area (Å²) in [5.41, 5.74) is 0. The minimum atomic E-state index is -5.39. The highest BCUT2D eigenvalue weighted by molar-refractivity contribution is 7.40. The minimum Gasteiger partial charge on any atom is -0.822 e. The summed E-state index contributed by atoms with van der Waals surface area (Å²) in [7, 11) is -5.39. The predicted molar refractivity (Wildman–Crippen MR) is 13.4 cm³/mol. The van der Waals surface area contributed by atoms with Crippen LogP contribution < -0.4 is 20.8 Å². The van der Waals surface area contributed by atoms with Crippen LogP contribution in [0.5, 0.6) is 0 Å². The maximum atomic E-state index is 8.55. The van der Waals surface area contributed by atoms with Crippen LogP contribution in [-0.2, 0) is 4.57 Å². The van der Waals surface area contributed by atoms with Crippen LogP contribution in [0.4, 0.5) is 0 Å². The lowest BCUT2D eigenvalue weighted by atomic mass is 14.0. The van der Waals surface area contributed by atoms with Gasteiger partial charge in [0.1, 0.15) is 0 Å². The number of nitrogens with zero attached hydrogens (tertiary/aromatic N) is 1. The quantitative estimate of drug-likeness (QED) is 0.303. The molecule has 2 N–H and O–H groups in total. The average molecular weight is 127 g/mol. The summed E-state index contributed by atoms with van der Waals surface area (Å²) in [6.07, 6.45) is 0. The van der Waals surface area contributed by atoms with E-state index in [1.165, 1.54) is 0 Å². The predicted octanol–water partition coefficient (Wildman–Crippen LogP) is -4.13. The Hall–Kier alpha value is -0.220. The molecular weight excluding hydrogens is 125 g/mol. The van der Waals surface area contributed by atoms with Crippen LogP contribution in [0.15, 0.2) is 0 Å². The largest absolute Gasteiger partial charge is 3.00 e. The van der Waals surface area contributed by atoms with E-state index in [2.05, 4.69) is 0 Å². The molecule has 0 heterocycles. The van der Waals surface area contributed by atoms with Gasteiger partial charge in [-0.15, -0.1) is 0 Å². The monoisotopic (exact) mass is 127 g/mol. The molecule has 0 bridgehead atoms. The maximum absolute atomic E-state index is 8.55. The number of hydrogen-bond donors (Lipinski definition) is 0. The second-order valence-electron chi connectivity index (χ2n) is 0.447. The van der Waals surface area contributed by atoms with Crippen molar-refractivity contribution in [3.8, 4) is 0 Å². The molecule has 6 nitrogen and oxygen atoms in total. The Morgan fingerprint density at radius 2 is 1.14 bits per heavy atom. The molecule has 7 heteroatoms. The van der Waals surface area contributed by atoms with Gasteiger partial charge in [-0.2, -0.15) is 7.82 Å². The van der Waals surface area contributed by atoms with E-state index < -0.39 is 7.82 Å². The van der Waals surface area contributed by atoms with E-state index in [1.54, 1.807) is 0 Å². The molecule has 0 aromatic rings. The molecule has 0 aliphatic rings. The van der Waals surface area contributed by atoms with E-state index in [4.69, 9.17) is 19.2 Å². The highest BCUT2D eigenvalue weighted by Gasteiger charge is 3.00. The third kappa shape index (κ3) is 1710. The summed E-state index contributed by atoms with van der Waals surface area (Å²) in [6, 6.07) is 0. The summed E-state index contributed by atoms with van der Waals surface area (Å²) in [5, 5.41) is 0. The zero-order valence-electron chi connectivity index (χ0n) is 3.03. The Balaban J connectivity index is -0.0000000800. The smallest absolute Gasteiger partial charge is 0.822 e. The third-order valence-electron chi connectivity index (χ3n) is 0. The fourth-order valence-electron chi connectivity index (χ4n) is 0. The number of phosphoric acid groups is 1. The molecule has 0 saturated carbocycles. The van der Waals surface area contributed by atoms with Crippen LogP contribution in [0, 0.1) is 0 Å². The lowest BCUT2D eigenvalue weighted by molar-refractivity contribution is -0.432. The first-order valence-corrected chi connectivity index (χ1v) is 2.19. The van der Waals surface area contributed by atoms with Gasteiger partial charge in [-0.05, 0) is 0 Å². The van der Waals surface area contributed by atoms with Gasteiger partial charge >= 0.3 is 6.15 Å². The van der Waals surface area contributed by atoms with Crippen molar-refractivity contribution in [2.45, 2.75) is 0 Å². The first kappa shape index (κ1) is 15.9. The third-order valence-corrected chi connectivity index (χ3v) is 0. The van der Waals surface area contributed by atoms with Crippen molar-refractivity contribution in [3.05, 3.63) is 0 Å². The van der Waals surface area contributed by atoms with Crippen LogP contribution in [0.1, 0.15) is 0 Å². The molecule has 2 radical (unpaired) electrons. The molecule has 0 saturated heterocycles. The summed E-state index contributed by atoms with van der Waals surface area (Å²) >= 11 is 0. The fraction of sp³-hybridized carbons (Fsp3) is 0. The first-order chi connectivity index (χ1) is 2.00. The van der Waals surface area contributed by atoms with Crippen molar-refractivity contribution in [1.29, 1.82) is 0 Å². The lowest BCUT2D eigenvalue weighted by Crippen LogP contribution is -2.24. The zero-order chi connectivity index (χ0) is 4.50. The Morgan fingerprint density at radius 3 is 1.14 bits per heavy atom. The number of rotatable bonds is 0. The second-order valence-corrected chi connectivity index (χ2v) is 1.34. The Morgan fingerprint density at radius 1 is 1.14 bits per heavy atom. The summed E-state index contributed by atoms with van der Waals surface area (Å²) in [4.78, 5) is 25.6. The highest BCUT2D eigenvalue weighted by atomic mass is 31.2. The van der Waals surface area contributed by atoms with Gasteiger partial charge in [-0.25, -0.2) is 0 Å². The van der Waals surface area contributed by atoms with Gasteiger partial charge < -0.3 is 24.7 Å². The van der Waals surface area contributed by atoms with E-state index in [0.29, 0.717) is 0 Å². The summed E-state index contributed by atoms with van der Waals surface area (Å²) < 4.78 is 8.55. The normalized spacial score (nSPS) is 8.43. The van der Waals surface area contributed by atoms with Gasteiger partial charge in [0.15, 0.2) is 0 Å². The van der Waals surface area contributed by atoms with Crippen molar-refractivity contribution < 1.29 is 24.7 Å². The maximum Gasteiger partial charge on any atom is 3.00 e. The molecule has 0 aliphatic carbocycles. The van der Waals surface area contributed by atoms with Gasteiger partial charge in [0, 0.05) is 0 Å². The standard InChI is InChI=1S/N.H3O4P.H2O/c;1-5(2,3)4;/h;(H3,1,2,3,4);1H2/q+3;;/p-3. The molecule has 0 amide bonds. The van der Waals surface area contributed by atoms with E-state index in [1.807, 2.05) is 0 Å². The van der Waals surface area contributed by atoms with Gasteiger partial charge in [-0.1, -0.05) is 0 Å². The molecule has 0 spiro atoms. The topological polar surface area (TPSA) is 148 Å². The second kappa shape index (κ2) is 3.95. The van der Waals surface area contributed by atoms with Crippen molar-refractivity contribution in [2.75, 3.05) is 0 Å². The Labute approximate surface area is 39.9 Å². The van der Waals surface area contributed by atoms with E-state index in [9.17, 15) is 0 Å². The van der Waals surface area contributed by atoms with Crippen LogP contribution in [0.3, 0.4) is 0 Å². The SMILES string of the molecule is O.O=P([O-])([O-])[O-].[N+3]. The van der Waals surface area contributed by atoms with Gasteiger partial charge in [0.25, 0.3) is 0 Å². The lowest BCUT2D eigenvalue weighted by Gasteiger charge is -2.36. The van der Waals surface area contributed by atoms with Crippen LogP contribution in [0.25, 0.3) is 0 Å². The molecule has 0 unspecified atom stereocenters. The minimum absolute atomic E-state index is 0. The Bertz CT molecular complexity index is 54.2. The summed E-state index contributed by atoms with van der Waals surface area (Å²) in [6.45, 7) is 0. The van der Waals surface area contributed by atoms with E-state index in [0.717, 1.165) is 0 Å². The van der Waals surface area contributed by atoms with Crippen LogP contribution in [0.2, 0.25) is 0 Å². The van der Waals surface area contributed by atoms with Crippen LogP contribution in [-0.4, -0.2) is 5.48 Å². The van der Waals surface area contributed by atoms with Gasteiger partial charge in [0.05, 0.1) is 0 Å². The van der Waals surface area contributed by atoms with Gasteiger partial charge in [0.2, 0.25) is 0 Å². The molecule has 0 atom stereocenters. The number of hydrogen-bond acceptors (Lipinski definition) is 4. The van der Waals surface area contributed by atoms with Crippen molar-refractivity contribution in [1.82, 2.24) is 6.15 Å². The molecule has 7 heavy (non-hydrogen) atoms. The van der Waals surface area contributed by atoms with E-state index in [-0.39, 0.29) is 11.6 Å². The molecule has 0 aromatic carbocycles. The highest BCUT2D eigenvalue weighted by Crippen LogP contribution is 2.03. The van der Waals surface area contributed by atoms with Crippen molar-refractivity contribution >= 4 is 7.82 Å².